The van der Waals surface area contributed by atoms with Crippen LogP contribution >= 0.6 is 11.6 Å². The number of benzene rings is 1. The second-order valence-electron chi connectivity index (χ2n) is 4.76. The van der Waals surface area contributed by atoms with Crippen molar-refractivity contribution >= 4 is 29.5 Å². The zero-order valence-electron chi connectivity index (χ0n) is 11.7. The smallest absolute Gasteiger partial charge is 0.326 e. The molecule has 112 valence electrons. The Morgan fingerprint density at radius 3 is 2.52 bits per heavy atom. The number of carbonyl (C=O) groups is 3. The zero-order chi connectivity index (χ0) is 15.6. The van der Waals surface area contributed by atoms with Crippen LogP contribution in [-0.2, 0) is 19.9 Å². The fourth-order valence-corrected chi connectivity index (χ4v) is 2.28. The average molecular weight is 311 g/mol. The lowest BCUT2D eigenvalue weighted by Crippen LogP contribution is -2.41. The molecule has 6 nitrogen and oxygen atoms in total. The van der Waals surface area contributed by atoms with Gasteiger partial charge in [-0.3, -0.25) is 14.5 Å². The number of carbonyl (C=O) groups excluding carboxylic acids is 3. The zero-order valence-corrected chi connectivity index (χ0v) is 12.4. The molecular weight excluding hydrogens is 296 g/mol. The van der Waals surface area contributed by atoms with Crippen molar-refractivity contribution in [1.29, 1.82) is 0 Å². The van der Waals surface area contributed by atoms with E-state index in [0.29, 0.717) is 10.6 Å². The van der Waals surface area contributed by atoms with E-state index < -0.39 is 30.0 Å². The first-order valence-corrected chi connectivity index (χ1v) is 6.82. The summed E-state index contributed by atoms with van der Waals surface area (Å²) in [7, 11) is 0. The highest BCUT2D eigenvalue weighted by atomic mass is 35.5. The van der Waals surface area contributed by atoms with Crippen LogP contribution in [0.25, 0.3) is 0 Å². The highest BCUT2D eigenvalue weighted by molar-refractivity contribution is 6.30. The van der Waals surface area contributed by atoms with E-state index in [-0.39, 0.29) is 6.61 Å². The van der Waals surface area contributed by atoms with Crippen LogP contribution in [0.2, 0.25) is 5.02 Å². The van der Waals surface area contributed by atoms with Crippen molar-refractivity contribution < 1.29 is 19.1 Å². The Balaban J connectivity index is 2.24. The van der Waals surface area contributed by atoms with Gasteiger partial charge in [0.05, 0.1) is 6.61 Å². The summed E-state index contributed by atoms with van der Waals surface area (Å²) in [6, 6.07) is 5.97. The van der Waals surface area contributed by atoms with Gasteiger partial charge in [0.2, 0.25) is 0 Å². The number of hydrogen-bond donors (Lipinski definition) is 1. The number of esters is 1. The third-order valence-electron chi connectivity index (χ3n) is 3.29. The van der Waals surface area contributed by atoms with Crippen LogP contribution in [0, 0.1) is 0 Å². The Hall–Kier alpha value is -2.08. The summed E-state index contributed by atoms with van der Waals surface area (Å²) in [4.78, 5) is 36.7. The Morgan fingerprint density at radius 1 is 1.33 bits per heavy atom. The van der Waals surface area contributed by atoms with E-state index in [1.54, 1.807) is 38.1 Å². The standard InChI is InChI=1S/C14H15ClN2O4/c1-3-21-11(18)8-17-12(19)14(2,16-13(17)20)9-4-6-10(15)7-5-9/h4-7H,3,8H2,1-2H3,(H,16,20)/t14-/m0/s1. The molecule has 2 rings (SSSR count). The Morgan fingerprint density at radius 2 is 1.95 bits per heavy atom. The lowest BCUT2D eigenvalue weighted by atomic mass is 9.92. The minimum atomic E-state index is -1.21. The molecule has 3 amide bonds. The highest BCUT2D eigenvalue weighted by Crippen LogP contribution is 2.29. The van der Waals surface area contributed by atoms with E-state index in [4.69, 9.17) is 16.3 Å². The van der Waals surface area contributed by atoms with E-state index in [0.717, 1.165) is 4.90 Å². The van der Waals surface area contributed by atoms with Gasteiger partial charge in [0, 0.05) is 5.02 Å². The maximum Gasteiger partial charge on any atom is 0.326 e. The first kappa shape index (κ1) is 15.3. The normalized spacial score (nSPS) is 21.4. The lowest BCUT2D eigenvalue weighted by Gasteiger charge is -2.22. The molecule has 1 atom stereocenters. The van der Waals surface area contributed by atoms with Crippen molar-refractivity contribution in [2.75, 3.05) is 13.2 Å². The molecule has 1 heterocycles. The number of nitrogens with one attached hydrogen (secondary N) is 1. The largest absolute Gasteiger partial charge is 0.465 e. The van der Waals surface area contributed by atoms with Crippen LogP contribution in [0.15, 0.2) is 24.3 Å². The van der Waals surface area contributed by atoms with Crippen molar-refractivity contribution in [1.82, 2.24) is 10.2 Å². The van der Waals surface area contributed by atoms with E-state index in [1.807, 2.05) is 0 Å². The van der Waals surface area contributed by atoms with Crippen molar-refractivity contribution in [3.8, 4) is 0 Å². The predicted octanol–water partition coefficient (Wildman–Crippen LogP) is 1.67. The second-order valence-corrected chi connectivity index (χ2v) is 5.19. The molecule has 1 aromatic rings. The van der Waals surface area contributed by atoms with Crippen LogP contribution in [0.3, 0.4) is 0 Å². The van der Waals surface area contributed by atoms with Crippen LogP contribution in [-0.4, -0.2) is 36.0 Å². The molecule has 0 unspecified atom stereocenters. The monoisotopic (exact) mass is 310 g/mol. The van der Waals surface area contributed by atoms with Gasteiger partial charge < -0.3 is 10.1 Å². The molecule has 1 fully saturated rings. The number of amides is 3. The van der Waals surface area contributed by atoms with Gasteiger partial charge in [-0.25, -0.2) is 4.79 Å². The molecule has 0 aromatic heterocycles. The second kappa shape index (κ2) is 5.73. The molecule has 0 saturated carbocycles. The average Bonchev–Trinajstić information content (AvgIpc) is 2.64. The fraction of sp³-hybridized carbons (Fsp3) is 0.357. The van der Waals surface area contributed by atoms with Gasteiger partial charge in [-0.05, 0) is 31.5 Å². The van der Waals surface area contributed by atoms with Gasteiger partial charge in [0.15, 0.2) is 0 Å². The molecule has 0 spiro atoms. The van der Waals surface area contributed by atoms with Gasteiger partial charge in [-0.2, -0.15) is 0 Å². The van der Waals surface area contributed by atoms with E-state index in [9.17, 15) is 14.4 Å². The quantitative estimate of drug-likeness (QED) is 0.678. The third kappa shape index (κ3) is 2.85. The van der Waals surface area contributed by atoms with Gasteiger partial charge in [-0.1, -0.05) is 23.7 Å². The number of imide groups is 1. The van der Waals surface area contributed by atoms with Gasteiger partial charge in [-0.15, -0.1) is 0 Å². The summed E-state index contributed by atoms with van der Waals surface area (Å²) >= 11 is 5.82. The molecule has 1 aliphatic rings. The fourth-order valence-electron chi connectivity index (χ4n) is 2.16. The van der Waals surface area contributed by atoms with Crippen molar-refractivity contribution in [3.63, 3.8) is 0 Å². The number of halogens is 1. The summed E-state index contributed by atoms with van der Waals surface area (Å²) in [6.07, 6.45) is 0. The van der Waals surface area contributed by atoms with Gasteiger partial charge in [0.25, 0.3) is 5.91 Å². The number of hydrogen-bond acceptors (Lipinski definition) is 4. The van der Waals surface area contributed by atoms with Crippen LogP contribution in [0.5, 0.6) is 0 Å². The molecule has 21 heavy (non-hydrogen) atoms. The molecular formula is C14H15ClN2O4. The first-order chi connectivity index (χ1) is 9.88. The molecule has 1 aromatic carbocycles. The van der Waals surface area contributed by atoms with Crippen molar-refractivity contribution in [3.05, 3.63) is 34.9 Å². The summed E-state index contributed by atoms with van der Waals surface area (Å²) in [5.41, 5.74) is -0.620. The minimum absolute atomic E-state index is 0.191. The van der Waals surface area contributed by atoms with Crippen LogP contribution in [0.4, 0.5) is 4.79 Å². The van der Waals surface area contributed by atoms with Crippen molar-refractivity contribution in [2.24, 2.45) is 0 Å². The molecule has 0 bridgehead atoms. The summed E-state index contributed by atoms with van der Waals surface area (Å²) < 4.78 is 4.76. The molecule has 1 N–H and O–H groups in total. The third-order valence-corrected chi connectivity index (χ3v) is 3.54. The van der Waals surface area contributed by atoms with E-state index in [1.165, 1.54) is 0 Å². The van der Waals surface area contributed by atoms with Crippen LogP contribution < -0.4 is 5.32 Å². The topological polar surface area (TPSA) is 75.7 Å². The SMILES string of the molecule is CCOC(=O)CN1C(=O)N[C@@](C)(c2ccc(Cl)cc2)C1=O. The number of urea groups is 1. The van der Waals surface area contributed by atoms with Gasteiger partial charge in [0.1, 0.15) is 12.1 Å². The molecule has 0 radical (unpaired) electrons. The Labute approximate surface area is 127 Å². The van der Waals surface area contributed by atoms with E-state index in [2.05, 4.69) is 5.32 Å². The maximum absolute atomic E-state index is 12.5. The Kier molecular flexibility index (Phi) is 4.18. The minimum Gasteiger partial charge on any atom is -0.465 e. The molecule has 0 aliphatic carbocycles. The summed E-state index contributed by atoms with van der Waals surface area (Å²) in [5.74, 6) is -1.12. The van der Waals surface area contributed by atoms with E-state index >= 15 is 0 Å². The summed E-state index contributed by atoms with van der Waals surface area (Å²) in [5, 5.41) is 3.13. The molecule has 1 saturated heterocycles. The van der Waals surface area contributed by atoms with Gasteiger partial charge >= 0.3 is 12.0 Å². The maximum atomic E-state index is 12.5. The van der Waals surface area contributed by atoms with Crippen molar-refractivity contribution in [2.45, 2.75) is 19.4 Å². The molecule has 1 aliphatic heterocycles. The predicted molar refractivity (Wildman–Crippen MR) is 75.7 cm³/mol. The number of rotatable bonds is 4. The summed E-state index contributed by atoms with van der Waals surface area (Å²) in [6.45, 7) is 3.03. The number of nitrogens with zero attached hydrogens (tertiary/aromatic N) is 1. The van der Waals surface area contributed by atoms with Crippen LogP contribution in [0.1, 0.15) is 19.4 Å². The number of ether oxygens (including phenoxy) is 1. The highest BCUT2D eigenvalue weighted by Gasteiger charge is 2.49. The lowest BCUT2D eigenvalue weighted by molar-refractivity contribution is -0.147. The molecule has 7 heteroatoms. The first-order valence-electron chi connectivity index (χ1n) is 6.44. The Bertz CT molecular complexity index is 587.